The third kappa shape index (κ3) is 2.68. The molecule has 3 atom stereocenters. The largest absolute Gasteiger partial charge is 0.327 e. The van der Waals surface area contributed by atoms with E-state index in [1.54, 1.807) is 0 Å². The van der Waals surface area contributed by atoms with Crippen LogP contribution in [0, 0.1) is 11.8 Å². The summed E-state index contributed by atoms with van der Waals surface area (Å²) >= 11 is 0. The lowest BCUT2D eigenvalue weighted by Gasteiger charge is -2.22. The van der Waals surface area contributed by atoms with Crippen LogP contribution in [0.15, 0.2) is 53.8 Å². The van der Waals surface area contributed by atoms with E-state index in [2.05, 4.69) is 18.3 Å². The van der Waals surface area contributed by atoms with E-state index in [1.165, 1.54) is 5.57 Å². The predicted molar refractivity (Wildman–Crippen MR) is 79.9 cm³/mol. The molecule has 0 aromatic heterocycles. The second-order valence-corrected chi connectivity index (χ2v) is 5.79. The van der Waals surface area contributed by atoms with Crippen LogP contribution in [0.1, 0.15) is 30.1 Å². The maximum absolute atomic E-state index is 12.1. The Morgan fingerprint density at radius 3 is 2.55 bits per heavy atom. The van der Waals surface area contributed by atoms with Crippen molar-refractivity contribution in [1.82, 2.24) is 5.32 Å². The molecule has 3 unspecified atom stereocenters. The van der Waals surface area contributed by atoms with Crippen LogP contribution in [0.25, 0.3) is 0 Å². The van der Waals surface area contributed by atoms with E-state index in [9.17, 15) is 4.79 Å². The summed E-state index contributed by atoms with van der Waals surface area (Å²) in [6, 6.07) is 9.66. The number of carbonyl (C=O) groups excluding carboxylic acids is 1. The highest BCUT2D eigenvalue weighted by Gasteiger charge is 2.37. The highest BCUT2D eigenvalue weighted by atomic mass is 16.1. The van der Waals surface area contributed by atoms with E-state index in [0.29, 0.717) is 23.4 Å². The van der Waals surface area contributed by atoms with Gasteiger partial charge in [0.1, 0.15) is 0 Å². The van der Waals surface area contributed by atoms with E-state index in [4.69, 9.17) is 5.73 Å². The van der Waals surface area contributed by atoms with Gasteiger partial charge in [-0.05, 0) is 42.9 Å². The van der Waals surface area contributed by atoms with Crippen molar-refractivity contribution < 1.29 is 4.79 Å². The number of rotatable bonds is 3. The van der Waals surface area contributed by atoms with Crippen molar-refractivity contribution in [3.8, 4) is 0 Å². The lowest BCUT2D eigenvalue weighted by Crippen LogP contribution is -2.27. The molecule has 3 rings (SSSR count). The second-order valence-electron chi connectivity index (χ2n) is 5.79. The van der Waals surface area contributed by atoms with Gasteiger partial charge in [-0.1, -0.05) is 36.8 Å². The number of hydrogen-bond donors (Lipinski definition) is 2. The summed E-state index contributed by atoms with van der Waals surface area (Å²) in [5.74, 6) is 0.874. The number of benzene rings is 1. The van der Waals surface area contributed by atoms with E-state index >= 15 is 0 Å². The zero-order valence-electron chi connectivity index (χ0n) is 11.7. The maximum atomic E-state index is 12.1. The fourth-order valence-corrected chi connectivity index (χ4v) is 2.77. The van der Waals surface area contributed by atoms with Gasteiger partial charge >= 0.3 is 0 Å². The molecular weight excluding hydrogens is 248 g/mol. The third-order valence-corrected chi connectivity index (χ3v) is 4.16. The minimum atomic E-state index is -0.0383. The Labute approximate surface area is 119 Å². The van der Waals surface area contributed by atoms with Gasteiger partial charge in [0, 0.05) is 17.3 Å². The van der Waals surface area contributed by atoms with Crippen molar-refractivity contribution in [2.75, 3.05) is 0 Å². The van der Waals surface area contributed by atoms with Gasteiger partial charge < -0.3 is 11.1 Å². The molecular formula is C17H20N2O. The van der Waals surface area contributed by atoms with Gasteiger partial charge in [0.05, 0.1) is 0 Å². The summed E-state index contributed by atoms with van der Waals surface area (Å²) in [6.45, 7) is 2.15. The van der Waals surface area contributed by atoms with Crippen LogP contribution in [0.3, 0.4) is 0 Å². The molecule has 0 aliphatic heterocycles. The minimum absolute atomic E-state index is 0.0383. The van der Waals surface area contributed by atoms with Gasteiger partial charge in [-0.2, -0.15) is 0 Å². The van der Waals surface area contributed by atoms with Gasteiger partial charge in [0.25, 0.3) is 5.91 Å². The molecule has 0 spiro atoms. The van der Waals surface area contributed by atoms with Crippen molar-refractivity contribution in [2.24, 2.45) is 17.6 Å². The van der Waals surface area contributed by atoms with Gasteiger partial charge in [-0.25, -0.2) is 0 Å². The molecule has 1 aromatic rings. The van der Waals surface area contributed by atoms with E-state index in [1.807, 2.05) is 36.4 Å². The molecule has 3 N–H and O–H groups in total. The zero-order chi connectivity index (χ0) is 14.1. The number of nitrogens with one attached hydrogen (secondary N) is 1. The van der Waals surface area contributed by atoms with Gasteiger partial charge in [-0.3, -0.25) is 4.79 Å². The normalized spacial score (nSPS) is 28.4. The summed E-state index contributed by atoms with van der Waals surface area (Å²) in [4.78, 5) is 12.1. The number of allylic oxidation sites excluding steroid dienone is 3. The van der Waals surface area contributed by atoms with E-state index < -0.39 is 0 Å². The Morgan fingerprint density at radius 1 is 1.25 bits per heavy atom. The first-order chi connectivity index (χ1) is 9.65. The first-order valence-electron chi connectivity index (χ1n) is 7.18. The highest BCUT2D eigenvalue weighted by molar-refractivity contribution is 5.95. The molecule has 1 aromatic carbocycles. The fraction of sp³-hybridized carbons (Fsp3) is 0.353. The summed E-state index contributed by atoms with van der Waals surface area (Å²) < 4.78 is 0. The molecule has 0 saturated heterocycles. The molecule has 2 aliphatic rings. The van der Waals surface area contributed by atoms with Crippen molar-refractivity contribution in [2.45, 2.75) is 25.8 Å². The maximum Gasteiger partial charge on any atom is 0.255 e. The number of nitrogens with two attached hydrogens (primary N) is 1. The first kappa shape index (κ1) is 13.1. The van der Waals surface area contributed by atoms with E-state index in [-0.39, 0.29) is 5.91 Å². The van der Waals surface area contributed by atoms with Crippen molar-refractivity contribution >= 4 is 5.91 Å². The minimum Gasteiger partial charge on any atom is -0.327 e. The van der Waals surface area contributed by atoms with Gasteiger partial charge in [0.2, 0.25) is 0 Å². The van der Waals surface area contributed by atoms with Crippen molar-refractivity contribution in [3.05, 3.63) is 59.3 Å². The first-order valence-corrected chi connectivity index (χ1v) is 7.18. The van der Waals surface area contributed by atoms with Crippen molar-refractivity contribution in [3.63, 3.8) is 0 Å². The predicted octanol–water partition coefficient (Wildman–Crippen LogP) is 2.61. The standard InChI is InChI=1S/C17H20N2O/c1-11-9-13(14-10-15(14)18)7-8-16(11)19-17(20)12-5-3-2-4-6-12/h2-8,11,14-15H,9-10,18H2,1H3,(H,19,20). The lowest BCUT2D eigenvalue weighted by molar-refractivity contribution is 0.0961. The number of carbonyl (C=O) groups is 1. The summed E-state index contributed by atoms with van der Waals surface area (Å²) in [5, 5.41) is 3.02. The molecule has 104 valence electrons. The Hall–Kier alpha value is -1.87. The lowest BCUT2D eigenvalue weighted by atomic mass is 9.90. The van der Waals surface area contributed by atoms with Gasteiger partial charge in [-0.15, -0.1) is 0 Å². The Morgan fingerprint density at radius 2 is 1.95 bits per heavy atom. The summed E-state index contributed by atoms with van der Waals surface area (Å²) in [7, 11) is 0. The third-order valence-electron chi connectivity index (χ3n) is 4.16. The Balaban J connectivity index is 1.70. The molecule has 0 heterocycles. The molecule has 0 radical (unpaired) electrons. The SMILES string of the molecule is CC1CC(C2CC2N)=CC=C1NC(=O)c1ccccc1. The molecule has 3 nitrogen and oxygen atoms in total. The molecule has 20 heavy (non-hydrogen) atoms. The molecule has 2 aliphatic carbocycles. The average Bonchev–Trinajstić information content (AvgIpc) is 3.19. The molecule has 3 heteroatoms. The van der Waals surface area contributed by atoms with Crippen LogP contribution in [-0.2, 0) is 0 Å². The molecule has 1 saturated carbocycles. The Kier molecular flexibility index (Phi) is 3.45. The van der Waals surface area contributed by atoms with Crippen molar-refractivity contribution in [1.29, 1.82) is 0 Å². The second kappa shape index (κ2) is 5.25. The summed E-state index contributed by atoms with van der Waals surface area (Å²) in [5.41, 5.74) is 9.03. The fourth-order valence-electron chi connectivity index (χ4n) is 2.77. The van der Waals surface area contributed by atoms with Gasteiger partial charge in [0.15, 0.2) is 0 Å². The van der Waals surface area contributed by atoms with Crippen LogP contribution in [-0.4, -0.2) is 11.9 Å². The van der Waals surface area contributed by atoms with Crippen LogP contribution in [0.4, 0.5) is 0 Å². The topological polar surface area (TPSA) is 55.1 Å². The van der Waals surface area contributed by atoms with Crippen LogP contribution in [0.2, 0.25) is 0 Å². The smallest absolute Gasteiger partial charge is 0.255 e. The average molecular weight is 268 g/mol. The Bertz CT molecular complexity index is 574. The van der Waals surface area contributed by atoms with E-state index in [0.717, 1.165) is 18.5 Å². The number of amides is 1. The monoisotopic (exact) mass is 268 g/mol. The quantitative estimate of drug-likeness (QED) is 0.885. The molecule has 0 bridgehead atoms. The molecule has 1 fully saturated rings. The zero-order valence-corrected chi connectivity index (χ0v) is 11.7. The highest BCUT2D eigenvalue weighted by Crippen LogP contribution is 2.40. The summed E-state index contributed by atoms with van der Waals surface area (Å²) in [6.07, 6.45) is 6.28. The molecule has 1 amide bonds. The van der Waals surface area contributed by atoms with Crippen LogP contribution >= 0.6 is 0 Å². The van der Waals surface area contributed by atoms with Crippen LogP contribution in [0.5, 0.6) is 0 Å². The number of hydrogen-bond acceptors (Lipinski definition) is 2. The van der Waals surface area contributed by atoms with Crippen LogP contribution < -0.4 is 11.1 Å².